The molecule has 0 radical (unpaired) electrons. The molecule has 0 spiro atoms. The summed E-state index contributed by atoms with van der Waals surface area (Å²) >= 11 is 5.80. The Labute approximate surface area is 155 Å². The van der Waals surface area contributed by atoms with E-state index in [4.69, 9.17) is 11.6 Å². The average molecular weight is 392 g/mol. The molecular formula is C18H15ClFN3O2S. The summed E-state index contributed by atoms with van der Waals surface area (Å²) in [5, 5.41) is 11.2. The molecule has 0 atom stereocenters. The van der Waals surface area contributed by atoms with Crippen molar-refractivity contribution in [3.63, 3.8) is 0 Å². The number of hydrogen-bond acceptors (Lipinski definition) is 5. The fourth-order valence-electron chi connectivity index (χ4n) is 2.25. The third-order valence-electron chi connectivity index (χ3n) is 3.62. The number of benzene rings is 2. The van der Waals surface area contributed by atoms with Gasteiger partial charge in [0.1, 0.15) is 11.6 Å². The minimum Gasteiger partial charge on any atom is -0.365 e. The molecule has 1 aromatic heterocycles. The van der Waals surface area contributed by atoms with Gasteiger partial charge in [-0.3, -0.25) is 0 Å². The van der Waals surface area contributed by atoms with E-state index in [-0.39, 0.29) is 16.6 Å². The lowest BCUT2D eigenvalue weighted by Crippen LogP contribution is -2.09. The van der Waals surface area contributed by atoms with E-state index >= 15 is 0 Å². The van der Waals surface area contributed by atoms with Crippen LogP contribution >= 0.6 is 11.6 Å². The van der Waals surface area contributed by atoms with Crippen molar-refractivity contribution in [3.05, 3.63) is 82.6 Å². The Kier molecular flexibility index (Phi) is 5.49. The predicted octanol–water partition coefficient (Wildman–Crippen LogP) is 3.86. The molecule has 0 aliphatic heterocycles. The van der Waals surface area contributed by atoms with Crippen molar-refractivity contribution in [2.45, 2.75) is 17.3 Å². The Balaban J connectivity index is 1.66. The van der Waals surface area contributed by atoms with E-state index in [9.17, 15) is 12.8 Å². The maximum Gasteiger partial charge on any atom is 0.201 e. The standard InChI is InChI=1S/C18H15ClFN3O2S/c19-15-5-1-14(2-6-15)12-26(24,25)18-10-9-17(22-23-18)21-11-13-3-7-16(20)8-4-13/h1-10H,11-12H2,(H,21,22). The lowest BCUT2D eigenvalue weighted by Gasteiger charge is -2.07. The minimum atomic E-state index is -3.60. The number of sulfone groups is 1. The second kappa shape index (κ2) is 7.80. The van der Waals surface area contributed by atoms with Gasteiger partial charge in [0.25, 0.3) is 0 Å². The fraction of sp³-hybridized carbons (Fsp3) is 0.111. The lowest BCUT2D eigenvalue weighted by atomic mass is 10.2. The van der Waals surface area contributed by atoms with Crippen LogP contribution in [0.4, 0.5) is 10.2 Å². The summed E-state index contributed by atoms with van der Waals surface area (Å²) in [7, 11) is -3.60. The van der Waals surface area contributed by atoms with E-state index < -0.39 is 9.84 Å². The van der Waals surface area contributed by atoms with E-state index in [0.29, 0.717) is 22.9 Å². The van der Waals surface area contributed by atoms with Crippen LogP contribution in [0.5, 0.6) is 0 Å². The summed E-state index contributed by atoms with van der Waals surface area (Å²) in [5.74, 6) is -0.0511. The summed E-state index contributed by atoms with van der Waals surface area (Å²) in [5.41, 5.74) is 1.49. The molecule has 3 rings (SSSR count). The largest absolute Gasteiger partial charge is 0.365 e. The van der Waals surface area contributed by atoms with Crippen LogP contribution in [0.2, 0.25) is 5.02 Å². The summed E-state index contributed by atoms with van der Waals surface area (Å²) in [6.45, 7) is 0.422. The molecular weight excluding hydrogens is 377 g/mol. The van der Waals surface area contributed by atoms with Gasteiger partial charge in [-0.15, -0.1) is 10.2 Å². The second-order valence-corrected chi connectivity index (χ2v) is 8.00. The molecule has 0 amide bonds. The summed E-state index contributed by atoms with van der Waals surface area (Å²) < 4.78 is 37.7. The monoisotopic (exact) mass is 391 g/mol. The van der Waals surface area contributed by atoms with Crippen molar-refractivity contribution < 1.29 is 12.8 Å². The highest BCUT2D eigenvalue weighted by Gasteiger charge is 2.17. The van der Waals surface area contributed by atoms with Gasteiger partial charge in [-0.2, -0.15) is 0 Å². The normalized spacial score (nSPS) is 11.3. The molecule has 0 bridgehead atoms. The number of halogens is 2. The molecule has 2 aromatic carbocycles. The first kappa shape index (κ1) is 18.3. The molecule has 1 N–H and O–H groups in total. The fourth-order valence-corrected chi connectivity index (χ4v) is 3.59. The first-order valence-electron chi connectivity index (χ1n) is 7.72. The number of nitrogens with zero attached hydrogens (tertiary/aromatic N) is 2. The molecule has 1 heterocycles. The van der Waals surface area contributed by atoms with E-state index in [1.807, 2.05) is 0 Å². The molecule has 3 aromatic rings. The van der Waals surface area contributed by atoms with Gasteiger partial charge in [-0.25, -0.2) is 12.8 Å². The van der Waals surface area contributed by atoms with Crippen molar-refractivity contribution in [2.75, 3.05) is 5.32 Å². The van der Waals surface area contributed by atoms with Crippen LogP contribution < -0.4 is 5.32 Å². The number of nitrogens with one attached hydrogen (secondary N) is 1. The summed E-state index contributed by atoms with van der Waals surface area (Å²) in [4.78, 5) is 0. The first-order chi connectivity index (χ1) is 12.4. The van der Waals surface area contributed by atoms with Crippen molar-refractivity contribution in [1.29, 1.82) is 0 Å². The van der Waals surface area contributed by atoms with E-state index in [1.54, 1.807) is 42.5 Å². The summed E-state index contributed by atoms with van der Waals surface area (Å²) in [6, 6.07) is 15.6. The quantitative estimate of drug-likeness (QED) is 0.690. The van der Waals surface area contributed by atoms with E-state index in [0.717, 1.165) is 5.56 Å². The molecule has 0 fully saturated rings. The highest BCUT2D eigenvalue weighted by Crippen LogP contribution is 2.17. The molecule has 5 nitrogen and oxygen atoms in total. The van der Waals surface area contributed by atoms with Crippen molar-refractivity contribution in [3.8, 4) is 0 Å². The highest BCUT2D eigenvalue weighted by molar-refractivity contribution is 7.90. The van der Waals surface area contributed by atoms with Gasteiger partial charge in [-0.1, -0.05) is 35.9 Å². The van der Waals surface area contributed by atoms with Gasteiger partial charge in [0.2, 0.25) is 9.84 Å². The Morgan fingerprint density at radius 1 is 0.885 bits per heavy atom. The molecule has 0 aliphatic rings. The maximum absolute atomic E-state index is 12.9. The van der Waals surface area contributed by atoms with Crippen molar-refractivity contribution in [2.24, 2.45) is 0 Å². The number of aromatic nitrogens is 2. The molecule has 0 saturated heterocycles. The number of anilines is 1. The molecule has 8 heteroatoms. The third-order valence-corrected chi connectivity index (χ3v) is 5.44. The Morgan fingerprint density at radius 3 is 2.15 bits per heavy atom. The van der Waals surface area contributed by atoms with Gasteiger partial charge in [0.15, 0.2) is 5.03 Å². The maximum atomic E-state index is 12.9. The minimum absolute atomic E-state index is 0.0974. The summed E-state index contributed by atoms with van der Waals surface area (Å²) in [6.07, 6.45) is 0. The Bertz CT molecular complexity index is 976. The lowest BCUT2D eigenvalue weighted by molar-refractivity contribution is 0.589. The predicted molar refractivity (Wildman–Crippen MR) is 98.1 cm³/mol. The van der Waals surface area contributed by atoms with Crippen LogP contribution in [0.3, 0.4) is 0 Å². The highest BCUT2D eigenvalue weighted by atomic mass is 35.5. The van der Waals surface area contributed by atoms with Gasteiger partial charge < -0.3 is 5.32 Å². The zero-order chi connectivity index (χ0) is 18.6. The van der Waals surface area contributed by atoms with Crippen molar-refractivity contribution in [1.82, 2.24) is 10.2 Å². The van der Waals surface area contributed by atoms with Crippen LogP contribution in [-0.2, 0) is 22.1 Å². The van der Waals surface area contributed by atoms with Crippen LogP contribution in [0.25, 0.3) is 0 Å². The molecule has 26 heavy (non-hydrogen) atoms. The topological polar surface area (TPSA) is 72.0 Å². The number of rotatable bonds is 6. The van der Waals surface area contributed by atoms with Crippen LogP contribution in [0.15, 0.2) is 65.7 Å². The van der Waals surface area contributed by atoms with Gasteiger partial charge in [0, 0.05) is 11.6 Å². The Hall–Kier alpha value is -2.51. The Morgan fingerprint density at radius 2 is 1.54 bits per heavy atom. The van der Waals surface area contributed by atoms with E-state index in [2.05, 4.69) is 15.5 Å². The first-order valence-corrected chi connectivity index (χ1v) is 9.75. The molecule has 0 saturated carbocycles. The molecule has 0 aliphatic carbocycles. The zero-order valence-corrected chi connectivity index (χ0v) is 15.1. The van der Waals surface area contributed by atoms with Crippen LogP contribution in [-0.4, -0.2) is 18.6 Å². The second-order valence-electron chi connectivity index (χ2n) is 5.62. The average Bonchev–Trinajstić information content (AvgIpc) is 2.63. The zero-order valence-electron chi connectivity index (χ0n) is 13.6. The third kappa shape index (κ3) is 4.77. The van der Waals surface area contributed by atoms with Gasteiger partial charge in [-0.05, 0) is 47.5 Å². The van der Waals surface area contributed by atoms with E-state index in [1.165, 1.54) is 18.2 Å². The van der Waals surface area contributed by atoms with Gasteiger partial charge >= 0.3 is 0 Å². The van der Waals surface area contributed by atoms with Crippen molar-refractivity contribution >= 4 is 27.3 Å². The number of hydrogen-bond donors (Lipinski definition) is 1. The van der Waals surface area contributed by atoms with Crippen LogP contribution in [0.1, 0.15) is 11.1 Å². The van der Waals surface area contributed by atoms with Crippen LogP contribution in [0, 0.1) is 5.82 Å². The van der Waals surface area contributed by atoms with Gasteiger partial charge in [0.05, 0.1) is 5.75 Å². The molecule has 0 unspecified atom stereocenters. The smallest absolute Gasteiger partial charge is 0.201 e. The molecule has 134 valence electrons. The SMILES string of the molecule is O=S(=O)(Cc1ccc(Cl)cc1)c1ccc(NCc2ccc(F)cc2)nn1.